The summed E-state index contributed by atoms with van der Waals surface area (Å²) in [5.74, 6) is -1.75. The quantitative estimate of drug-likeness (QED) is 0.673. The first-order valence-corrected chi connectivity index (χ1v) is 11.1. The van der Waals surface area contributed by atoms with Crippen LogP contribution in [-0.4, -0.2) is 26.8 Å². The SMILES string of the molecule is O=C(CN1C(=O)C[C@@H](c2ccccc2)S(=O)(=O)c2ccccc21)Nc1ccccc1F. The predicted molar refractivity (Wildman–Crippen MR) is 115 cm³/mol. The molecule has 0 radical (unpaired) electrons. The maximum absolute atomic E-state index is 13.9. The minimum absolute atomic E-state index is 0.0159. The Morgan fingerprint density at radius 1 is 0.968 bits per heavy atom. The number of carbonyl (C=O) groups is 2. The molecule has 0 saturated carbocycles. The van der Waals surface area contributed by atoms with E-state index in [1.807, 2.05) is 0 Å². The Bertz CT molecular complexity index is 1250. The number of amides is 2. The highest BCUT2D eigenvalue weighted by atomic mass is 32.2. The van der Waals surface area contributed by atoms with Crippen LogP contribution in [0.1, 0.15) is 17.2 Å². The van der Waals surface area contributed by atoms with Crippen LogP contribution < -0.4 is 10.2 Å². The average Bonchev–Trinajstić information content (AvgIpc) is 2.85. The molecule has 31 heavy (non-hydrogen) atoms. The van der Waals surface area contributed by atoms with Gasteiger partial charge in [-0.05, 0) is 29.8 Å². The van der Waals surface area contributed by atoms with Crippen LogP contribution in [0.2, 0.25) is 0 Å². The summed E-state index contributed by atoms with van der Waals surface area (Å²) in [7, 11) is -3.89. The molecule has 1 N–H and O–H groups in total. The molecule has 0 aromatic heterocycles. The molecule has 0 bridgehead atoms. The molecule has 4 rings (SSSR count). The maximum Gasteiger partial charge on any atom is 0.244 e. The van der Waals surface area contributed by atoms with Gasteiger partial charge in [-0.2, -0.15) is 0 Å². The molecule has 1 heterocycles. The van der Waals surface area contributed by atoms with Gasteiger partial charge >= 0.3 is 0 Å². The molecule has 0 fully saturated rings. The fraction of sp³-hybridized carbons (Fsp3) is 0.130. The number of sulfone groups is 1. The molecule has 0 spiro atoms. The lowest BCUT2D eigenvalue weighted by molar-refractivity contribution is -0.121. The van der Waals surface area contributed by atoms with Crippen LogP contribution in [-0.2, 0) is 19.4 Å². The lowest BCUT2D eigenvalue weighted by atomic mass is 10.1. The molecular formula is C23H19FN2O4S. The second-order valence-electron chi connectivity index (χ2n) is 7.12. The van der Waals surface area contributed by atoms with E-state index >= 15 is 0 Å². The molecule has 1 aliphatic rings. The van der Waals surface area contributed by atoms with Crippen molar-refractivity contribution in [3.63, 3.8) is 0 Å². The van der Waals surface area contributed by atoms with E-state index in [0.29, 0.717) is 5.56 Å². The van der Waals surface area contributed by atoms with Crippen LogP contribution in [0.15, 0.2) is 83.8 Å². The summed E-state index contributed by atoms with van der Waals surface area (Å²) in [5.41, 5.74) is 0.621. The van der Waals surface area contributed by atoms with Crippen LogP contribution in [0.5, 0.6) is 0 Å². The number of fused-ring (bicyclic) bond motifs is 1. The maximum atomic E-state index is 13.9. The van der Waals surface area contributed by atoms with E-state index in [1.165, 1.54) is 30.3 Å². The van der Waals surface area contributed by atoms with Crippen LogP contribution in [0.4, 0.5) is 15.8 Å². The second-order valence-corrected chi connectivity index (χ2v) is 9.22. The molecule has 0 saturated heterocycles. The van der Waals surface area contributed by atoms with E-state index in [0.717, 1.165) is 4.90 Å². The van der Waals surface area contributed by atoms with E-state index < -0.39 is 39.3 Å². The van der Waals surface area contributed by atoms with Gasteiger partial charge in [0.1, 0.15) is 12.4 Å². The standard InChI is InChI=1S/C23H19FN2O4S/c24-17-10-4-5-11-18(17)25-22(27)15-26-19-12-6-7-13-20(19)31(29,30)21(14-23(26)28)16-8-2-1-3-9-16/h1-13,21H,14-15H2,(H,25,27)/t21-/m0/s1. The summed E-state index contributed by atoms with van der Waals surface area (Å²) in [4.78, 5) is 26.8. The largest absolute Gasteiger partial charge is 0.322 e. The van der Waals surface area contributed by atoms with Crippen molar-refractivity contribution in [3.05, 3.63) is 90.2 Å². The third kappa shape index (κ3) is 4.06. The molecular weight excluding hydrogens is 419 g/mol. The minimum Gasteiger partial charge on any atom is -0.322 e. The Balaban J connectivity index is 1.71. The summed E-state index contributed by atoms with van der Waals surface area (Å²) < 4.78 is 40.7. The van der Waals surface area contributed by atoms with Gasteiger partial charge in [0, 0.05) is 6.42 Å². The monoisotopic (exact) mass is 438 g/mol. The molecule has 1 aliphatic heterocycles. The Morgan fingerprint density at radius 3 is 2.35 bits per heavy atom. The number of hydrogen-bond donors (Lipinski definition) is 1. The first-order chi connectivity index (χ1) is 14.9. The number of para-hydroxylation sites is 2. The fourth-order valence-electron chi connectivity index (χ4n) is 3.62. The van der Waals surface area contributed by atoms with Crippen LogP contribution in [0.25, 0.3) is 0 Å². The molecule has 0 unspecified atom stereocenters. The summed E-state index contributed by atoms with van der Waals surface area (Å²) >= 11 is 0. The molecule has 6 nitrogen and oxygen atoms in total. The second kappa shape index (κ2) is 8.31. The number of carbonyl (C=O) groups excluding carboxylic acids is 2. The van der Waals surface area contributed by atoms with Gasteiger partial charge in [-0.25, -0.2) is 12.8 Å². The normalized spacial score (nSPS) is 17.5. The molecule has 2 amide bonds. The molecule has 3 aromatic rings. The van der Waals surface area contributed by atoms with Crippen molar-refractivity contribution < 1.29 is 22.4 Å². The van der Waals surface area contributed by atoms with Gasteiger partial charge in [0.15, 0.2) is 9.84 Å². The van der Waals surface area contributed by atoms with Gasteiger partial charge < -0.3 is 10.2 Å². The van der Waals surface area contributed by atoms with Crippen molar-refractivity contribution in [2.24, 2.45) is 0 Å². The highest BCUT2D eigenvalue weighted by Crippen LogP contribution is 2.40. The molecule has 0 aliphatic carbocycles. The number of benzene rings is 3. The smallest absolute Gasteiger partial charge is 0.244 e. The predicted octanol–water partition coefficient (Wildman–Crippen LogP) is 3.72. The Kier molecular flexibility index (Phi) is 5.56. The lowest BCUT2D eigenvalue weighted by Gasteiger charge is -2.22. The summed E-state index contributed by atoms with van der Waals surface area (Å²) in [5, 5.41) is 1.37. The van der Waals surface area contributed by atoms with Gasteiger partial charge in [-0.1, -0.05) is 54.6 Å². The number of anilines is 2. The van der Waals surface area contributed by atoms with Gasteiger partial charge in [-0.15, -0.1) is 0 Å². The average molecular weight is 438 g/mol. The lowest BCUT2D eigenvalue weighted by Crippen LogP contribution is -2.38. The Hall–Kier alpha value is -3.52. The highest BCUT2D eigenvalue weighted by Gasteiger charge is 2.39. The molecule has 1 atom stereocenters. The Morgan fingerprint density at radius 2 is 1.61 bits per heavy atom. The number of halogens is 1. The van der Waals surface area contributed by atoms with E-state index in [1.54, 1.807) is 48.5 Å². The highest BCUT2D eigenvalue weighted by molar-refractivity contribution is 7.92. The molecule has 3 aromatic carbocycles. The van der Waals surface area contributed by atoms with Crippen LogP contribution >= 0.6 is 0 Å². The first-order valence-electron chi connectivity index (χ1n) is 9.60. The van der Waals surface area contributed by atoms with Gasteiger partial charge in [-0.3, -0.25) is 9.59 Å². The Labute approximate surface area is 179 Å². The number of hydrogen-bond acceptors (Lipinski definition) is 4. The van der Waals surface area contributed by atoms with E-state index in [9.17, 15) is 22.4 Å². The number of nitrogens with one attached hydrogen (secondary N) is 1. The van der Waals surface area contributed by atoms with Crippen molar-refractivity contribution in [3.8, 4) is 0 Å². The van der Waals surface area contributed by atoms with E-state index in [2.05, 4.69) is 5.32 Å². The zero-order valence-electron chi connectivity index (χ0n) is 16.4. The van der Waals surface area contributed by atoms with Crippen molar-refractivity contribution in [1.82, 2.24) is 0 Å². The van der Waals surface area contributed by atoms with Crippen molar-refractivity contribution in [2.75, 3.05) is 16.8 Å². The summed E-state index contributed by atoms with van der Waals surface area (Å²) in [6.07, 6.45) is -0.312. The van der Waals surface area contributed by atoms with Crippen LogP contribution in [0.3, 0.4) is 0 Å². The zero-order chi connectivity index (χ0) is 22.0. The van der Waals surface area contributed by atoms with Crippen molar-refractivity contribution in [1.29, 1.82) is 0 Å². The van der Waals surface area contributed by atoms with Crippen molar-refractivity contribution >= 4 is 33.0 Å². The number of nitrogens with zero attached hydrogens (tertiary/aromatic N) is 1. The van der Waals surface area contributed by atoms with E-state index in [-0.39, 0.29) is 22.7 Å². The summed E-state index contributed by atoms with van der Waals surface area (Å²) in [6.45, 7) is -0.443. The first kappa shape index (κ1) is 20.7. The third-order valence-corrected chi connectivity index (χ3v) is 7.27. The summed E-state index contributed by atoms with van der Waals surface area (Å²) in [6, 6.07) is 20.3. The van der Waals surface area contributed by atoms with Gasteiger partial charge in [0.05, 0.1) is 21.5 Å². The van der Waals surface area contributed by atoms with Crippen molar-refractivity contribution in [2.45, 2.75) is 16.6 Å². The minimum atomic E-state index is -3.89. The van der Waals surface area contributed by atoms with Crippen LogP contribution in [0, 0.1) is 5.82 Å². The van der Waals surface area contributed by atoms with Gasteiger partial charge in [0.2, 0.25) is 11.8 Å². The molecule has 158 valence electrons. The van der Waals surface area contributed by atoms with Gasteiger partial charge in [0.25, 0.3) is 0 Å². The topological polar surface area (TPSA) is 83.6 Å². The third-order valence-electron chi connectivity index (χ3n) is 5.12. The molecule has 8 heteroatoms. The fourth-order valence-corrected chi connectivity index (χ4v) is 5.54. The van der Waals surface area contributed by atoms with E-state index in [4.69, 9.17) is 0 Å². The zero-order valence-corrected chi connectivity index (χ0v) is 17.2. The number of rotatable bonds is 4.